The van der Waals surface area contributed by atoms with Gasteiger partial charge in [-0.05, 0) is 42.0 Å². The van der Waals surface area contributed by atoms with E-state index in [1.165, 1.54) is 5.56 Å². The van der Waals surface area contributed by atoms with Gasteiger partial charge in [-0.2, -0.15) is 0 Å². The molecule has 3 nitrogen and oxygen atoms in total. The Morgan fingerprint density at radius 3 is 2.55 bits per heavy atom. The van der Waals surface area contributed by atoms with Crippen molar-refractivity contribution in [2.75, 3.05) is 0 Å². The number of aromatic carboxylic acids is 1. The van der Waals surface area contributed by atoms with Gasteiger partial charge in [0.15, 0.2) is 0 Å². The molecule has 1 heterocycles. The molecule has 0 amide bonds. The highest BCUT2D eigenvalue weighted by molar-refractivity contribution is 9.10. The summed E-state index contributed by atoms with van der Waals surface area (Å²) in [4.78, 5) is 11.0. The number of rotatable bonds is 3. The Bertz CT molecular complexity index is 775. The lowest BCUT2D eigenvalue weighted by molar-refractivity contribution is 0.0697. The summed E-state index contributed by atoms with van der Waals surface area (Å²) in [7, 11) is 0. The molecule has 0 aliphatic rings. The maximum atomic E-state index is 11.0. The number of benzene rings is 2. The smallest absolute Gasteiger partial charge is 0.335 e. The first kappa shape index (κ1) is 12.9. The van der Waals surface area contributed by atoms with Gasteiger partial charge >= 0.3 is 5.97 Å². The Kier molecular flexibility index (Phi) is 3.32. The molecule has 0 bridgehead atoms. The lowest BCUT2D eigenvalue weighted by Gasteiger charge is -2.06. The molecule has 0 fully saturated rings. The molecule has 0 unspecified atom stereocenters. The van der Waals surface area contributed by atoms with Crippen LogP contribution in [0.1, 0.15) is 15.9 Å². The minimum absolute atomic E-state index is 0.318. The van der Waals surface area contributed by atoms with Crippen LogP contribution < -0.4 is 0 Å². The Labute approximate surface area is 124 Å². The molecule has 2 aromatic carbocycles. The topological polar surface area (TPSA) is 42.2 Å². The molecule has 0 aliphatic heterocycles. The van der Waals surface area contributed by atoms with E-state index in [2.05, 4.69) is 32.6 Å². The van der Waals surface area contributed by atoms with E-state index in [1.807, 2.05) is 30.5 Å². The number of nitrogens with zero attached hydrogens (tertiary/aromatic N) is 1. The van der Waals surface area contributed by atoms with Gasteiger partial charge in [-0.15, -0.1) is 0 Å². The van der Waals surface area contributed by atoms with Gasteiger partial charge in [0, 0.05) is 28.1 Å². The van der Waals surface area contributed by atoms with E-state index < -0.39 is 5.97 Å². The van der Waals surface area contributed by atoms with Gasteiger partial charge in [-0.25, -0.2) is 4.79 Å². The third kappa shape index (κ3) is 2.47. The van der Waals surface area contributed by atoms with Gasteiger partial charge < -0.3 is 9.67 Å². The first-order valence-corrected chi connectivity index (χ1v) is 6.99. The number of carboxylic acid groups (broad SMARTS) is 1. The van der Waals surface area contributed by atoms with Crippen LogP contribution in [0, 0.1) is 0 Å². The number of carbonyl (C=O) groups is 1. The molecule has 100 valence electrons. The molecule has 0 atom stereocenters. The van der Waals surface area contributed by atoms with Gasteiger partial charge in [0.2, 0.25) is 0 Å². The Hall–Kier alpha value is -2.07. The van der Waals surface area contributed by atoms with Crippen molar-refractivity contribution in [3.63, 3.8) is 0 Å². The van der Waals surface area contributed by atoms with E-state index in [-0.39, 0.29) is 0 Å². The Morgan fingerprint density at radius 2 is 1.85 bits per heavy atom. The molecular formula is C16H12BrNO2. The summed E-state index contributed by atoms with van der Waals surface area (Å²) in [6.07, 6.45) is 1.98. The Balaban J connectivity index is 1.96. The van der Waals surface area contributed by atoms with Crippen LogP contribution in [0.2, 0.25) is 0 Å². The fourth-order valence-corrected chi connectivity index (χ4v) is 2.52. The van der Waals surface area contributed by atoms with Crippen molar-refractivity contribution in [3.05, 3.63) is 70.3 Å². The van der Waals surface area contributed by atoms with Crippen molar-refractivity contribution in [2.24, 2.45) is 0 Å². The van der Waals surface area contributed by atoms with Crippen LogP contribution >= 0.6 is 15.9 Å². The first-order chi connectivity index (χ1) is 9.63. The fourth-order valence-electron chi connectivity index (χ4n) is 2.26. The zero-order valence-electron chi connectivity index (χ0n) is 10.6. The number of hydrogen-bond acceptors (Lipinski definition) is 1. The highest BCUT2D eigenvalue weighted by Gasteiger charge is 2.06. The van der Waals surface area contributed by atoms with Crippen molar-refractivity contribution in [3.8, 4) is 0 Å². The molecule has 0 aliphatic carbocycles. The van der Waals surface area contributed by atoms with E-state index in [4.69, 9.17) is 5.11 Å². The van der Waals surface area contributed by atoms with E-state index in [0.717, 1.165) is 21.9 Å². The van der Waals surface area contributed by atoms with Crippen LogP contribution in [0.15, 0.2) is 59.2 Å². The number of halogens is 1. The zero-order chi connectivity index (χ0) is 14.1. The largest absolute Gasteiger partial charge is 0.478 e. The van der Waals surface area contributed by atoms with Crippen LogP contribution in [0.5, 0.6) is 0 Å². The predicted octanol–water partition coefficient (Wildman–Crippen LogP) is 4.15. The minimum Gasteiger partial charge on any atom is -0.478 e. The molecule has 0 saturated heterocycles. The maximum Gasteiger partial charge on any atom is 0.335 e. The van der Waals surface area contributed by atoms with Crippen molar-refractivity contribution < 1.29 is 9.90 Å². The molecule has 0 radical (unpaired) electrons. The lowest BCUT2D eigenvalue weighted by atomic mass is 10.1. The van der Waals surface area contributed by atoms with Gasteiger partial charge in [0.1, 0.15) is 0 Å². The third-order valence-electron chi connectivity index (χ3n) is 3.28. The quantitative estimate of drug-likeness (QED) is 0.784. The van der Waals surface area contributed by atoms with Crippen molar-refractivity contribution >= 4 is 32.8 Å². The molecule has 1 N–H and O–H groups in total. The number of carboxylic acids is 1. The van der Waals surface area contributed by atoms with E-state index in [1.54, 1.807) is 12.1 Å². The summed E-state index contributed by atoms with van der Waals surface area (Å²) in [5, 5.41) is 9.95. The SMILES string of the molecule is O=C(O)c1ccc2c(ccn2Cc2ccc(Br)cc2)c1. The lowest BCUT2D eigenvalue weighted by Crippen LogP contribution is -1.99. The second-order valence-corrected chi connectivity index (χ2v) is 5.56. The van der Waals surface area contributed by atoms with Crippen LogP contribution in [0.3, 0.4) is 0 Å². The summed E-state index contributed by atoms with van der Waals surface area (Å²) in [6.45, 7) is 0.767. The third-order valence-corrected chi connectivity index (χ3v) is 3.81. The zero-order valence-corrected chi connectivity index (χ0v) is 12.2. The standard InChI is InChI=1S/C16H12BrNO2/c17-14-4-1-11(2-5-14)10-18-8-7-12-9-13(16(19)20)3-6-15(12)18/h1-9H,10H2,(H,19,20). The number of aromatic nitrogens is 1. The molecule has 4 heteroatoms. The summed E-state index contributed by atoms with van der Waals surface area (Å²) in [6, 6.07) is 15.3. The average Bonchev–Trinajstić information content (AvgIpc) is 2.84. The van der Waals surface area contributed by atoms with Crippen molar-refractivity contribution in [1.29, 1.82) is 0 Å². The molecular weight excluding hydrogens is 318 g/mol. The van der Waals surface area contributed by atoms with E-state index in [9.17, 15) is 4.79 Å². The second-order valence-electron chi connectivity index (χ2n) is 4.65. The molecule has 0 spiro atoms. The van der Waals surface area contributed by atoms with Crippen molar-refractivity contribution in [2.45, 2.75) is 6.54 Å². The van der Waals surface area contributed by atoms with E-state index >= 15 is 0 Å². The van der Waals surface area contributed by atoms with E-state index in [0.29, 0.717) is 5.56 Å². The monoisotopic (exact) mass is 329 g/mol. The number of fused-ring (bicyclic) bond motifs is 1. The maximum absolute atomic E-state index is 11.0. The van der Waals surface area contributed by atoms with Crippen LogP contribution in [-0.2, 0) is 6.54 Å². The Morgan fingerprint density at radius 1 is 1.10 bits per heavy atom. The highest BCUT2D eigenvalue weighted by atomic mass is 79.9. The fraction of sp³-hybridized carbons (Fsp3) is 0.0625. The number of hydrogen-bond donors (Lipinski definition) is 1. The minimum atomic E-state index is -0.896. The van der Waals surface area contributed by atoms with Gasteiger partial charge in [0.05, 0.1) is 5.56 Å². The van der Waals surface area contributed by atoms with Gasteiger partial charge in [0.25, 0.3) is 0 Å². The normalized spacial score (nSPS) is 10.8. The highest BCUT2D eigenvalue weighted by Crippen LogP contribution is 2.20. The average molecular weight is 330 g/mol. The second kappa shape index (κ2) is 5.13. The first-order valence-electron chi connectivity index (χ1n) is 6.20. The van der Waals surface area contributed by atoms with Crippen LogP contribution in [0.25, 0.3) is 10.9 Å². The molecule has 20 heavy (non-hydrogen) atoms. The predicted molar refractivity (Wildman–Crippen MR) is 82.1 cm³/mol. The summed E-state index contributed by atoms with van der Waals surface area (Å²) >= 11 is 3.42. The summed E-state index contributed by atoms with van der Waals surface area (Å²) < 4.78 is 3.18. The molecule has 3 rings (SSSR count). The summed E-state index contributed by atoms with van der Waals surface area (Å²) in [5.74, 6) is -0.896. The van der Waals surface area contributed by atoms with Crippen molar-refractivity contribution in [1.82, 2.24) is 4.57 Å². The van der Waals surface area contributed by atoms with Gasteiger partial charge in [-0.1, -0.05) is 28.1 Å². The molecule has 1 aromatic heterocycles. The van der Waals surface area contributed by atoms with Crippen LogP contribution in [-0.4, -0.2) is 15.6 Å². The molecule has 3 aromatic rings. The van der Waals surface area contributed by atoms with Crippen LogP contribution in [0.4, 0.5) is 0 Å². The molecule has 0 saturated carbocycles. The van der Waals surface area contributed by atoms with Gasteiger partial charge in [-0.3, -0.25) is 0 Å². The summed E-state index contributed by atoms with van der Waals surface area (Å²) in [5.41, 5.74) is 2.56.